The highest BCUT2D eigenvalue weighted by atomic mass is 19.1. The van der Waals surface area contributed by atoms with Crippen LogP contribution in [0.1, 0.15) is 32.3 Å². The largest absolute Gasteiger partial charge is 0.382 e. The molecule has 1 N–H and O–H groups in total. The topological polar surface area (TPSA) is 21.3 Å². The van der Waals surface area contributed by atoms with Gasteiger partial charge in [-0.3, -0.25) is 0 Å². The van der Waals surface area contributed by atoms with Crippen molar-refractivity contribution in [3.05, 3.63) is 35.4 Å². The number of benzene rings is 1. The number of rotatable bonds is 9. The minimum absolute atomic E-state index is 0.188. The molecule has 108 valence electrons. The van der Waals surface area contributed by atoms with Gasteiger partial charge in [-0.05, 0) is 50.4 Å². The van der Waals surface area contributed by atoms with E-state index in [4.69, 9.17) is 4.74 Å². The third-order valence-corrected chi connectivity index (χ3v) is 2.90. The van der Waals surface area contributed by atoms with Crippen molar-refractivity contribution in [3.63, 3.8) is 0 Å². The van der Waals surface area contributed by atoms with E-state index in [1.807, 2.05) is 6.92 Å². The van der Waals surface area contributed by atoms with Gasteiger partial charge in [0.05, 0.1) is 0 Å². The minimum atomic E-state index is -0.519. The van der Waals surface area contributed by atoms with Crippen LogP contribution in [0, 0.1) is 11.6 Å². The van der Waals surface area contributed by atoms with Crippen LogP contribution in [0.2, 0.25) is 0 Å². The molecule has 0 fully saturated rings. The highest BCUT2D eigenvalue weighted by Gasteiger charge is 2.10. The van der Waals surface area contributed by atoms with Gasteiger partial charge in [-0.1, -0.05) is 6.92 Å². The molecule has 1 rings (SSSR count). The van der Waals surface area contributed by atoms with Gasteiger partial charge in [-0.15, -0.1) is 0 Å². The van der Waals surface area contributed by atoms with Crippen LogP contribution in [0.4, 0.5) is 8.78 Å². The van der Waals surface area contributed by atoms with E-state index in [0.29, 0.717) is 25.2 Å². The second-order valence-corrected chi connectivity index (χ2v) is 4.62. The second kappa shape index (κ2) is 8.99. The molecule has 1 unspecified atom stereocenters. The summed E-state index contributed by atoms with van der Waals surface area (Å²) >= 11 is 0. The highest BCUT2D eigenvalue weighted by molar-refractivity contribution is 5.19. The minimum Gasteiger partial charge on any atom is -0.382 e. The zero-order valence-electron chi connectivity index (χ0n) is 11.7. The van der Waals surface area contributed by atoms with Gasteiger partial charge in [0, 0.05) is 25.3 Å². The fourth-order valence-electron chi connectivity index (χ4n) is 2.01. The molecule has 0 heterocycles. The van der Waals surface area contributed by atoms with Gasteiger partial charge >= 0.3 is 0 Å². The van der Waals surface area contributed by atoms with Crippen molar-refractivity contribution in [1.29, 1.82) is 0 Å². The Morgan fingerprint density at radius 1 is 1.16 bits per heavy atom. The summed E-state index contributed by atoms with van der Waals surface area (Å²) < 4.78 is 31.6. The first-order valence-corrected chi connectivity index (χ1v) is 6.91. The number of nitrogens with one attached hydrogen (secondary N) is 1. The zero-order valence-corrected chi connectivity index (χ0v) is 11.7. The molecule has 0 spiro atoms. The van der Waals surface area contributed by atoms with Gasteiger partial charge in [-0.25, -0.2) is 8.78 Å². The summed E-state index contributed by atoms with van der Waals surface area (Å²) in [6, 6.07) is 3.88. The average molecular weight is 271 g/mol. The monoisotopic (exact) mass is 271 g/mol. The lowest BCUT2D eigenvalue weighted by molar-refractivity contribution is 0.136. The van der Waals surface area contributed by atoms with Crippen LogP contribution in [0.3, 0.4) is 0 Å². The van der Waals surface area contributed by atoms with Crippen molar-refractivity contribution in [2.75, 3.05) is 19.8 Å². The third-order valence-electron chi connectivity index (χ3n) is 2.90. The van der Waals surface area contributed by atoms with Crippen LogP contribution in [0.5, 0.6) is 0 Å². The van der Waals surface area contributed by atoms with Crippen molar-refractivity contribution < 1.29 is 13.5 Å². The van der Waals surface area contributed by atoms with Crippen molar-refractivity contribution >= 4 is 0 Å². The first kappa shape index (κ1) is 16.1. The van der Waals surface area contributed by atoms with E-state index in [1.54, 1.807) is 0 Å². The van der Waals surface area contributed by atoms with Crippen LogP contribution < -0.4 is 5.32 Å². The van der Waals surface area contributed by atoms with Gasteiger partial charge in [0.15, 0.2) is 0 Å². The first-order chi connectivity index (χ1) is 9.15. The molecular formula is C15H23F2NO. The van der Waals surface area contributed by atoms with Crippen molar-refractivity contribution in [1.82, 2.24) is 5.32 Å². The average Bonchev–Trinajstić information content (AvgIpc) is 2.34. The van der Waals surface area contributed by atoms with E-state index in [9.17, 15) is 8.78 Å². The van der Waals surface area contributed by atoms with E-state index in [2.05, 4.69) is 12.2 Å². The maximum Gasteiger partial charge on any atom is 0.126 e. The first-order valence-electron chi connectivity index (χ1n) is 6.91. The molecule has 19 heavy (non-hydrogen) atoms. The van der Waals surface area contributed by atoms with Gasteiger partial charge in [0.1, 0.15) is 11.6 Å². The molecule has 1 aromatic carbocycles. The van der Waals surface area contributed by atoms with Crippen molar-refractivity contribution in [2.24, 2.45) is 0 Å². The molecule has 0 aliphatic rings. The van der Waals surface area contributed by atoms with Crippen LogP contribution in [0.15, 0.2) is 18.2 Å². The second-order valence-electron chi connectivity index (χ2n) is 4.62. The molecule has 1 aromatic rings. The quantitative estimate of drug-likeness (QED) is 0.696. The van der Waals surface area contributed by atoms with E-state index in [1.165, 1.54) is 12.1 Å². The highest BCUT2D eigenvalue weighted by Crippen LogP contribution is 2.11. The maximum absolute atomic E-state index is 13.2. The van der Waals surface area contributed by atoms with Gasteiger partial charge in [0.25, 0.3) is 0 Å². The molecule has 0 aliphatic carbocycles. The normalized spacial score (nSPS) is 12.6. The fourth-order valence-corrected chi connectivity index (χ4v) is 2.01. The van der Waals surface area contributed by atoms with Crippen LogP contribution >= 0.6 is 0 Å². The number of hydrogen-bond acceptors (Lipinski definition) is 2. The molecular weight excluding hydrogens is 248 g/mol. The number of halogens is 2. The predicted octanol–water partition coefficient (Wildman–Crippen LogP) is 3.30. The summed E-state index contributed by atoms with van der Waals surface area (Å²) in [5.41, 5.74) is 0.683. The van der Waals surface area contributed by atoms with Crippen molar-refractivity contribution in [3.8, 4) is 0 Å². The molecule has 0 aromatic heterocycles. The Labute approximate surface area is 114 Å². The molecule has 0 saturated heterocycles. The van der Waals surface area contributed by atoms with Gasteiger partial charge < -0.3 is 10.1 Å². The summed E-state index contributed by atoms with van der Waals surface area (Å²) in [6.45, 7) is 6.30. The SMILES string of the molecule is CCCNC(CCOCC)Cc1cc(F)cc(F)c1. The Balaban J connectivity index is 2.58. The molecule has 0 bridgehead atoms. The lowest BCUT2D eigenvalue weighted by atomic mass is 10.0. The standard InChI is InChI=1S/C15H23F2NO/c1-3-6-18-15(5-7-19-4-2)10-12-8-13(16)11-14(17)9-12/h8-9,11,15,18H,3-7,10H2,1-2H3. The maximum atomic E-state index is 13.2. The molecule has 0 amide bonds. The number of ether oxygens (including phenoxy) is 1. The summed E-state index contributed by atoms with van der Waals surface area (Å²) in [5.74, 6) is -1.04. The zero-order chi connectivity index (χ0) is 14.1. The Morgan fingerprint density at radius 2 is 1.84 bits per heavy atom. The summed E-state index contributed by atoms with van der Waals surface area (Å²) in [7, 11) is 0. The van der Waals surface area contributed by atoms with E-state index in [-0.39, 0.29) is 6.04 Å². The van der Waals surface area contributed by atoms with Crippen molar-refractivity contribution in [2.45, 2.75) is 39.2 Å². The van der Waals surface area contributed by atoms with Crippen LogP contribution in [0.25, 0.3) is 0 Å². The van der Waals surface area contributed by atoms with E-state index in [0.717, 1.165) is 25.5 Å². The Morgan fingerprint density at radius 3 is 2.42 bits per heavy atom. The predicted molar refractivity (Wildman–Crippen MR) is 73.3 cm³/mol. The molecule has 0 radical (unpaired) electrons. The molecule has 1 atom stereocenters. The summed E-state index contributed by atoms with van der Waals surface area (Å²) in [4.78, 5) is 0. The van der Waals surface area contributed by atoms with Crippen LogP contribution in [-0.4, -0.2) is 25.8 Å². The smallest absolute Gasteiger partial charge is 0.126 e. The molecule has 4 heteroatoms. The number of hydrogen-bond donors (Lipinski definition) is 1. The Hall–Kier alpha value is -1.00. The van der Waals surface area contributed by atoms with E-state index >= 15 is 0 Å². The molecule has 0 aliphatic heterocycles. The van der Waals surface area contributed by atoms with Gasteiger partial charge in [0.2, 0.25) is 0 Å². The fraction of sp³-hybridized carbons (Fsp3) is 0.600. The van der Waals surface area contributed by atoms with Gasteiger partial charge in [-0.2, -0.15) is 0 Å². The summed E-state index contributed by atoms with van der Waals surface area (Å²) in [6.07, 6.45) is 2.48. The lowest BCUT2D eigenvalue weighted by Gasteiger charge is -2.18. The Kier molecular flexibility index (Phi) is 7.60. The third kappa shape index (κ3) is 6.64. The Bertz CT molecular complexity index is 351. The van der Waals surface area contributed by atoms with Crippen LogP contribution in [-0.2, 0) is 11.2 Å². The molecule has 0 saturated carbocycles. The van der Waals surface area contributed by atoms with E-state index < -0.39 is 11.6 Å². The molecule has 2 nitrogen and oxygen atoms in total. The lowest BCUT2D eigenvalue weighted by Crippen LogP contribution is -2.33. The summed E-state index contributed by atoms with van der Waals surface area (Å²) in [5, 5.41) is 3.39.